The molecular weight excluding hydrogens is 300 g/mol. The summed E-state index contributed by atoms with van der Waals surface area (Å²) in [5, 5.41) is 3.87. The molecule has 0 radical (unpaired) electrons. The van der Waals surface area contributed by atoms with Gasteiger partial charge in [-0.1, -0.05) is 30.3 Å². The van der Waals surface area contributed by atoms with E-state index in [2.05, 4.69) is 10.3 Å². The van der Waals surface area contributed by atoms with Crippen molar-refractivity contribution in [2.45, 2.75) is 0 Å². The Morgan fingerprint density at radius 1 is 0.958 bits per heavy atom. The number of anilines is 2. The number of nitrogens with one attached hydrogen (secondary N) is 2. The summed E-state index contributed by atoms with van der Waals surface area (Å²) in [5.74, 6) is -0.229. The lowest BCUT2D eigenvalue weighted by molar-refractivity contribution is 0.102. The Kier molecular flexibility index (Phi) is 3.31. The zero-order valence-electron chi connectivity index (χ0n) is 12.9. The molecular formula is C19H16N4O. The van der Waals surface area contributed by atoms with Gasteiger partial charge in [0.1, 0.15) is 5.69 Å². The van der Waals surface area contributed by atoms with Gasteiger partial charge in [0.25, 0.3) is 5.91 Å². The summed E-state index contributed by atoms with van der Waals surface area (Å²) >= 11 is 0. The third kappa shape index (κ3) is 2.32. The van der Waals surface area contributed by atoms with E-state index in [4.69, 9.17) is 5.73 Å². The molecule has 0 bridgehead atoms. The maximum Gasteiger partial charge on any atom is 0.274 e. The molecule has 0 saturated heterocycles. The van der Waals surface area contributed by atoms with Crippen LogP contribution < -0.4 is 11.1 Å². The fourth-order valence-corrected chi connectivity index (χ4v) is 2.84. The minimum atomic E-state index is -0.229. The first-order chi connectivity index (χ1) is 11.7. The Hall–Kier alpha value is -3.47. The van der Waals surface area contributed by atoms with Crippen molar-refractivity contribution >= 4 is 28.2 Å². The molecule has 0 saturated carbocycles. The van der Waals surface area contributed by atoms with Crippen LogP contribution in [0.25, 0.3) is 16.6 Å². The molecule has 0 aliphatic rings. The molecule has 0 atom stereocenters. The van der Waals surface area contributed by atoms with Gasteiger partial charge in [0.2, 0.25) is 0 Å². The predicted octanol–water partition coefficient (Wildman–Crippen LogP) is 3.79. The Bertz CT molecular complexity index is 1010. The number of rotatable bonds is 3. The standard InChI is InChI=1S/C19H16N4O/c20-14-8-2-4-10-16(14)22-19(24)17-18(23-11-5-6-12-23)13-7-1-3-9-15(13)21-17/h1-12,21H,20H2,(H,22,24). The highest BCUT2D eigenvalue weighted by atomic mass is 16.1. The second-order valence-corrected chi connectivity index (χ2v) is 5.53. The number of hydrogen-bond donors (Lipinski definition) is 3. The number of carbonyl (C=O) groups is 1. The lowest BCUT2D eigenvalue weighted by atomic mass is 10.2. The van der Waals surface area contributed by atoms with Crippen molar-refractivity contribution in [1.29, 1.82) is 0 Å². The van der Waals surface area contributed by atoms with E-state index >= 15 is 0 Å². The highest BCUT2D eigenvalue weighted by Gasteiger charge is 2.19. The number of nitrogen functional groups attached to an aromatic ring is 1. The highest BCUT2D eigenvalue weighted by molar-refractivity contribution is 6.11. The second-order valence-electron chi connectivity index (χ2n) is 5.53. The van der Waals surface area contributed by atoms with Crippen molar-refractivity contribution in [3.05, 3.63) is 78.8 Å². The molecule has 118 valence electrons. The number of aromatic amines is 1. The van der Waals surface area contributed by atoms with E-state index in [1.54, 1.807) is 12.1 Å². The summed E-state index contributed by atoms with van der Waals surface area (Å²) in [5.41, 5.74) is 9.28. The van der Waals surface area contributed by atoms with Crippen molar-refractivity contribution in [1.82, 2.24) is 9.55 Å². The van der Waals surface area contributed by atoms with Crippen LogP contribution >= 0.6 is 0 Å². The van der Waals surface area contributed by atoms with Crippen LogP contribution in [0.1, 0.15) is 10.5 Å². The third-order valence-corrected chi connectivity index (χ3v) is 3.98. The molecule has 0 aliphatic heterocycles. The Balaban J connectivity index is 1.83. The van der Waals surface area contributed by atoms with Gasteiger partial charge >= 0.3 is 0 Å². The fourth-order valence-electron chi connectivity index (χ4n) is 2.84. The van der Waals surface area contributed by atoms with Crippen molar-refractivity contribution < 1.29 is 4.79 Å². The third-order valence-electron chi connectivity index (χ3n) is 3.98. The van der Waals surface area contributed by atoms with Crippen LogP contribution in [0.2, 0.25) is 0 Å². The van der Waals surface area contributed by atoms with Crippen molar-refractivity contribution in [2.75, 3.05) is 11.1 Å². The van der Waals surface area contributed by atoms with E-state index in [0.717, 1.165) is 16.6 Å². The Labute approximate surface area is 138 Å². The topological polar surface area (TPSA) is 75.8 Å². The number of nitrogens with two attached hydrogens (primary N) is 1. The maximum atomic E-state index is 12.8. The van der Waals surface area contributed by atoms with Gasteiger partial charge in [-0.3, -0.25) is 4.79 Å². The quantitative estimate of drug-likeness (QED) is 0.503. The minimum Gasteiger partial charge on any atom is -0.397 e. The summed E-state index contributed by atoms with van der Waals surface area (Å²) in [6.07, 6.45) is 3.84. The van der Waals surface area contributed by atoms with Gasteiger partial charge in [-0.05, 0) is 30.3 Å². The van der Waals surface area contributed by atoms with Crippen LogP contribution in [0.3, 0.4) is 0 Å². The van der Waals surface area contributed by atoms with E-state index < -0.39 is 0 Å². The number of aromatic nitrogens is 2. The number of nitrogens with zero attached hydrogens (tertiary/aromatic N) is 1. The lowest BCUT2D eigenvalue weighted by Gasteiger charge is -2.09. The van der Waals surface area contributed by atoms with Crippen LogP contribution in [0.15, 0.2) is 73.1 Å². The summed E-state index contributed by atoms with van der Waals surface area (Å²) in [6.45, 7) is 0. The molecule has 4 aromatic rings. The lowest BCUT2D eigenvalue weighted by Crippen LogP contribution is -2.15. The van der Waals surface area contributed by atoms with Gasteiger partial charge in [0, 0.05) is 23.3 Å². The Morgan fingerprint density at radius 3 is 2.46 bits per heavy atom. The molecule has 2 aromatic carbocycles. The van der Waals surface area contributed by atoms with E-state index in [1.807, 2.05) is 65.5 Å². The number of fused-ring (bicyclic) bond motifs is 1. The number of para-hydroxylation sites is 3. The average molecular weight is 316 g/mol. The smallest absolute Gasteiger partial charge is 0.274 e. The number of H-pyrrole nitrogens is 1. The monoisotopic (exact) mass is 316 g/mol. The van der Waals surface area contributed by atoms with E-state index in [1.165, 1.54) is 0 Å². The molecule has 5 nitrogen and oxygen atoms in total. The van der Waals surface area contributed by atoms with Crippen LogP contribution in [0.4, 0.5) is 11.4 Å². The number of benzene rings is 2. The minimum absolute atomic E-state index is 0.229. The second kappa shape index (κ2) is 5.62. The molecule has 0 spiro atoms. The molecule has 4 N–H and O–H groups in total. The molecule has 4 rings (SSSR count). The first kappa shape index (κ1) is 14.1. The molecule has 0 fully saturated rings. The van der Waals surface area contributed by atoms with Crippen LogP contribution in [-0.4, -0.2) is 15.5 Å². The summed E-state index contributed by atoms with van der Waals surface area (Å²) in [4.78, 5) is 16.1. The summed E-state index contributed by atoms with van der Waals surface area (Å²) in [7, 11) is 0. The first-order valence-corrected chi connectivity index (χ1v) is 7.64. The molecule has 5 heteroatoms. The predicted molar refractivity (Wildman–Crippen MR) is 96.4 cm³/mol. The van der Waals surface area contributed by atoms with E-state index in [0.29, 0.717) is 17.1 Å². The fraction of sp³-hybridized carbons (Fsp3) is 0. The van der Waals surface area contributed by atoms with Gasteiger partial charge in [-0.25, -0.2) is 0 Å². The molecule has 0 unspecified atom stereocenters. The molecule has 24 heavy (non-hydrogen) atoms. The van der Waals surface area contributed by atoms with Crippen LogP contribution in [-0.2, 0) is 0 Å². The Morgan fingerprint density at radius 2 is 1.67 bits per heavy atom. The van der Waals surface area contributed by atoms with Gasteiger partial charge in [0.15, 0.2) is 0 Å². The van der Waals surface area contributed by atoms with Gasteiger partial charge in [0.05, 0.1) is 17.1 Å². The normalized spacial score (nSPS) is 10.8. The van der Waals surface area contributed by atoms with Gasteiger partial charge in [-0.2, -0.15) is 0 Å². The average Bonchev–Trinajstić information content (AvgIpc) is 3.23. The number of carbonyl (C=O) groups excluding carboxylic acids is 1. The maximum absolute atomic E-state index is 12.8. The zero-order chi connectivity index (χ0) is 16.5. The molecule has 0 aliphatic carbocycles. The summed E-state index contributed by atoms with van der Waals surface area (Å²) < 4.78 is 1.93. The van der Waals surface area contributed by atoms with Crippen molar-refractivity contribution in [3.8, 4) is 5.69 Å². The highest BCUT2D eigenvalue weighted by Crippen LogP contribution is 2.27. The molecule has 1 amide bonds. The first-order valence-electron chi connectivity index (χ1n) is 7.64. The van der Waals surface area contributed by atoms with Crippen molar-refractivity contribution in [3.63, 3.8) is 0 Å². The van der Waals surface area contributed by atoms with E-state index in [9.17, 15) is 4.79 Å². The SMILES string of the molecule is Nc1ccccc1NC(=O)c1[nH]c2ccccc2c1-n1cccc1. The van der Waals surface area contributed by atoms with Gasteiger partial charge in [-0.15, -0.1) is 0 Å². The molecule has 2 aromatic heterocycles. The number of amides is 1. The van der Waals surface area contributed by atoms with E-state index in [-0.39, 0.29) is 5.91 Å². The summed E-state index contributed by atoms with van der Waals surface area (Å²) in [6, 6.07) is 18.9. The van der Waals surface area contributed by atoms with Crippen molar-refractivity contribution in [2.24, 2.45) is 0 Å². The molecule has 2 heterocycles. The van der Waals surface area contributed by atoms with Crippen LogP contribution in [0, 0.1) is 0 Å². The van der Waals surface area contributed by atoms with Gasteiger partial charge < -0.3 is 20.6 Å². The number of hydrogen-bond acceptors (Lipinski definition) is 2. The zero-order valence-corrected chi connectivity index (χ0v) is 12.9. The van der Waals surface area contributed by atoms with Crippen LogP contribution in [0.5, 0.6) is 0 Å². The largest absolute Gasteiger partial charge is 0.397 e.